The number of thioether (sulfide) groups is 1. The Kier molecular flexibility index (Phi) is 5.65. The molecule has 0 aromatic carbocycles. The molecule has 15 heavy (non-hydrogen) atoms. The van der Waals surface area contributed by atoms with Crippen LogP contribution in [0.3, 0.4) is 0 Å². The third kappa shape index (κ3) is 4.18. The van der Waals surface area contributed by atoms with Gasteiger partial charge in [-0.25, -0.2) is 0 Å². The van der Waals surface area contributed by atoms with Gasteiger partial charge in [0, 0.05) is 12.3 Å². The van der Waals surface area contributed by atoms with E-state index >= 15 is 0 Å². The number of hydrogen-bond donors (Lipinski definition) is 1. The summed E-state index contributed by atoms with van der Waals surface area (Å²) in [6, 6.07) is 3.35. The Morgan fingerprint density at radius 3 is 3.00 bits per heavy atom. The number of amides is 1. The normalized spacial score (nSPS) is 10.3. The molecule has 1 rings (SSSR count). The van der Waals surface area contributed by atoms with Gasteiger partial charge in [0.15, 0.2) is 5.76 Å². The molecule has 1 amide bonds. The summed E-state index contributed by atoms with van der Waals surface area (Å²) in [6.07, 6.45) is 0. The minimum Gasteiger partial charge on any atom is -0.455 e. The Morgan fingerprint density at radius 2 is 2.40 bits per heavy atom. The van der Waals surface area contributed by atoms with Gasteiger partial charge in [0.2, 0.25) is 0 Å². The first-order chi connectivity index (χ1) is 7.27. The molecule has 84 valence electrons. The van der Waals surface area contributed by atoms with E-state index in [-0.39, 0.29) is 5.91 Å². The number of carbonyl (C=O) groups excluding carboxylic acids is 1. The van der Waals surface area contributed by atoms with Crippen molar-refractivity contribution in [3.63, 3.8) is 0 Å². The van der Waals surface area contributed by atoms with E-state index in [2.05, 4.69) is 12.2 Å². The largest absolute Gasteiger partial charge is 0.455 e. The molecular weight excluding hydrogens is 234 g/mol. The zero-order chi connectivity index (χ0) is 11.1. The van der Waals surface area contributed by atoms with Crippen molar-refractivity contribution in [3.8, 4) is 0 Å². The van der Waals surface area contributed by atoms with Gasteiger partial charge in [-0.05, 0) is 17.9 Å². The minimum absolute atomic E-state index is 0.178. The average Bonchev–Trinajstić information content (AvgIpc) is 2.72. The van der Waals surface area contributed by atoms with E-state index in [1.54, 1.807) is 23.9 Å². The lowest BCUT2D eigenvalue weighted by atomic mass is 10.4. The molecule has 0 saturated carbocycles. The second-order valence-electron chi connectivity index (χ2n) is 2.85. The molecule has 0 unspecified atom stereocenters. The van der Waals surface area contributed by atoms with Gasteiger partial charge in [-0.3, -0.25) is 4.79 Å². The van der Waals surface area contributed by atoms with E-state index in [1.165, 1.54) is 0 Å². The maximum atomic E-state index is 11.5. The molecule has 0 aliphatic heterocycles. The summed E-state index contributed by atoms with van der Waals surface area (Å²) in [5.74, 6) is 3.04. The third-order valence-electron chi connectivity index (χ3n) is 1.75. The van der Waals surface area contributed by atoms with Gasteiger partial charge in [-0.2, -0.15) is 11.8 Å². The summed E-state index contributed by atoms with van der Waals surface area (Å²) in [5.41, 5.74) is 0. The van der Waals surface area contributed by atoms with Crippen LogP contribution < -0.4 is 5.32 Å². The molecule has 0 radical (unpaired) electrons. The number of carbonyl (C=O) groups is 1. The van der Waals surface area contributed by atoms with E-state index in [4.69, 9.17) is 16.0 Å². The summed E-state index contributed by atoms with van der Waals surface area (Å²) < 4.78 is 5.20. The third-order valence-corrected chi connectivity index (χ3v) is 2.92. The van der Waals surface area contributed by atoms with E-state index in [0.717, 1.165) is 11.5 Å². The molecule has 0 spiro atoms. The quantitative estimate of drug-likeness (QED) is 0.620. The van der Waals surface area contributed by atoms with Crippen molar-refractivity contribution in [2.45, 2.75) is 12.8 Å². The van der Waals surface area contributed by atoms with Crippen LogP contribution in [-0.4, -0.2) is 24.0 Å². The van der Waals surface area contributed by atoms with Crippen LogP contribution in [0.4, 0.5) is 0 Å². The molecule has 1 aromatic rings. The molecule has 0 bridgehead atoms. The number of halogens is 1. The molecule has 0 aliphatic rings. The van der Waals surface area contributed by atoms with Crippen LogP contribution in [0.5, 0.6) is 0 Å². The summed E-state index contributed by atoms with van der Waals surface area (Å²) in [5, 5.41) is 2.77. The Bertz CT molecular complexity index is 314. The lowest BCUT2D eigenvalue weighted by Crippen LogP contribution is -2.25. The Balaban J connectivity index is 2.33. The first kappa shape index (κ1) is 12.5. The van der Waals surface area contributed by atoms with E-state index < -0.39 is 0 Å². The van der Waals surface area contributed by atoms with Crippen LogP contribution in [0, 0.1) is 0 Å². The molecule has 0 saturated heterocycles. The maximum Gasteiger partial charge on any atom is 0.287 e. The van der Waals surface area contributed by atoms with Gasteiger partial charge in [0.1, 0.15) is 5.76 Å². The van der Waals surface area contributed by atoms with Crippen molar-refractivity contribution in [1.82, 2.24) is 5.32 Å². The zero-order valence-electron chi connectivity index (χ0n) is 8.59. The highest BCUT2D eigenvalue weighted by Gasteiger charge is 2.09. The molecule has 5 heteroatoms. The molecule has 1 N–H and O–H groups in total. The summed E-state index contributed by atoms with van der Waals surface area (Å²) in [4.78, 5) is 11.5. The fourth-order valence-corrected chi connectivity index (χ4v) is 1.72. The highest BCUT2D eigenvalue weighted by Crippen LogP contribution is 2.09. The fourth-order valence-electron chi connectivity index (χ4n) is 1.04. The smallest absolute Gasteiger partial charge is 0.287 e. The average molecular weight is 248 g/mol. The van der Waals surface area contributed by atoms with Crippen molar-refractivity contribution < 1.29 is 9.21 Å². The Hall–Kier alpha value is -0.610. The molecule has 0 atom stereocenters. The number of furan rings is 1. The van der Waals surface area contributed by atoms with E-state index in [0.29, 0.717) is 23.9 Å². The van der Waals surface area contributed by atoms with Gasteiger partial charge in [-0.15, -0.1) is 11.6 Å². The van der Waals surface area contributed by atoms with Crippen molar-refractivity contribution >= 4 is 29.3 Å². The van der Waals surface area contributed by atoms with Gasteiger partial charge >= 0.3 is 0 Å². The van der Waals surface area contributed by atoms with Crippen molar-refractivity contribution in [2.24, 2.45) is 0 Å². The van der Waals surface area contributed by atoms with Crippen LogP contribution in [0.1, 0.15) is 23.2 Å². The van der Waals surface area contributed by atoms with Crippen LogP contribution in [0.2, 0.25) is 0 Å². The molecule has 0 fully saturated rings. The Morgan fingerprint density at radius 1 is 1.60 bits per heavy atom. The van der Waals surface area contributed by atoms with Crippen molar-refractivity contribution in [3.05, 3.63) is 23.7 Å². The summed E-state index contributed by atoms with van der Waals surface area (Å²) in [6.45, 7) is 2.75. The van der Waals surface area contributed by atoms with Gasteiger partial charge in [-0.1, -0.05) is 6.92 Å². The van der Waals surface area contributed by atoms with Crippen molar-refractivity contribution in [1.29, 1.82) is 0 Å². The highest BCUT2D eigenvalue weighted by atomic mass is 35.5. The highest BCUT2D eigenvalue weighted by molar-refractivity contribution is 7.99. The number of nitrogens with one attached hydrogen (secondary N) is 1. The Labute approximate surface area is 98.6 Å². The van der Waals surface area contributed by atoms with E-state index in [1.807, 2.05) is 0 Å². The predicted molar refractivity (Wildman–Crippen MR) is 63.6 cm³/mol. The number of alkyl halides is 1. The molecule has 1 heterocycles. The molecule has 1 aromatic heterocycles. The van der Waals surface area contributed by atoms with E-state index in [9.17, 15) is 4.79 Å². The topological polar surface area (TPSA) is 42.2 Å². The predicted octanol–water partition coefficient (Wildman–Crippen LogP) is 2.50. The summed E-state index contributed by atoms with van der Waals surface area (Å²) in [7, 11) is 0. The SMILES string of the molecule is CCSCCNC(=O)c1ccc(CCl)o1. The molecule has 3 nitrogen and oxygen atoms in total. The minimum atomic E-state index is -0.178. The lowest BCUT2D eigenvalue weighted by molar-refractivity contribution is 0.0927. The lowest BCUT2D eigenvalue weighted by Gasteiger charge is -2.01. The maximum absolute atomic E-state index is 11.5. The van der Waals surface area contributed by atoms with Crippen LogP contribution in [-0.2, 0) is 5.88 Å². The van der Waals surface area contributed by atoms with Crippen molar-refractivity contribution in [2.75, 3.05) is 18.1 Å². The van der Waals surface area contributed by atoms with Gasteiger partial charge in [0.25, 0.3) is 5.91 Å². The summed E-state index contributed by atoms with van der Waals surface area (Å²) >= 11 is 7.35. The van der Waals surface area contributed by atoms with Gasteiger partial charge < -0.3 is 9.73 Å². The first-order valence-corrected chi connectivity index (χ1v) is 6.47. The number of hydrogen-bond acceptors (Lipinski definition) is 3. The monoisotopic (exact) mass is 247 g/mol. The molecular formula is C10H14ClNO2S. The zero-order valence-corrected chi connectivity index (χ0v) is 10.2. The second-order valence-corrected chi connectivity index (χ2v) is 4.51. The molecule has 0 aliphatic carbocycles. The second kappa shape index (κ2) is 6.80. The first-order valence-electron chi connectivity index (χ1n) is 4.78. The van der Waals surface area contributed by atoms with Crippen LogP contribution in [0.15, 0.2) is 16.5 Å². The fraction of sp³-hybridized carbons (Fsp3) is 0.500. The number of rotatable bonds is 6. The standard InChI is InChI=1S/C10H14ClNO2S/c1-2-15-6-5-12-10(13)9-4-3-8(7-11)14-9/h3-4H,2,5-7H2,1H3,(H,12,13). The van der Waals surface area contributed by atoms with Crippen LogP contribution in [0.25, 0.3) is 0 Å². The van der Waals surface area contributed by atoms with Crippen LogP contribution >= 0.6 is 23.4 Å². The van der Waals surface area contributed by atoms with Gasteiger partial charge in [0.05, 0.1) is 5.88 Å².